The van der Waals surface area contributed by atoms with Gasteiger partial charge in [-0.05, 0) is 57.1 Å². The first kappa shape index (κ1) is 21.5. The minimum absolute atomic E-state index is 0.154. The highest BCUT2D eigenvalue weighted by atomic mass is 35.5. The fourth-order valence-corrected chi connectivity index (χ4v) is 3.69. The Bertz CT molecular complexity index is 731. The molecular weight excluding hydrogens is 389 g/mol. The third kappa shape index (κ3) is 5.61. The molecule has 1 aromatic rings. The van der Waals surface area contributed by atoms with Gasteiger partial charge >= 0.3 is 12.0 Å². The maximum absolute atomic E-state index is 12.6. The minimum Gasteiger partial charge on any atom is -0.478 e. The van der Waals surface area contributed by atoms with E-state index < -0.39 is 5.97 Å². The van der Waals surface area contributed by atoms with E-state index >= 15 is 0 Å². The maximum Gasteiger partial charge on any atom is 0.328 e. The maximum atomic E-state index is 12.6. The molecule has 0 spiro atoms. The molecule has 1 aromatic carbocycles. The Labute approximate surface area is 169 Å². The molecule has 1 heterocycles. The van der Waals surface area contributed by atoms with Gasteiger partial charge in [0.25, 0.3) is 0 Å². The van der Waals surface area contributed by atoms with Gasteiger partial charge in [0.05, 0.1) is 16.1 Å². The van der Waals surface area contributed by atoms with Crippen molar-refractivity contribution in [2.24, 2.45) is 0 Å². The van der Waals surface area contributed by atoms with E-state index in [1.54, 1.807) is 17.0 Å². The lowest BCUT2D eigenvalue weighted by atomic mass is 10.0. The van der Waals surface area contributed by atoms with Crippen LogP contribution in [0.4, 0.5) is 4.79 Å². The monoisotopic (exact) mass is 413 g/mol. The molecule has 8 heteroatoms. The van der Waals surface area contributed by atoms with Gasteiger partial charge in [0.1, 0.15) is 0 Å². The zero-order chi connectivity index (χ0) is 20.1. The number of carbonyl (C=O) groups excluding carboxylic acids is 1. The molecule has 0 bridgehead atoms. The molecule has 1 aliphatic heterocycles. The molecule has 2 amide bonds. The standard InChI is InChI=1S/C19H25Cl2N3O3/c1-12(22-19(27)24(3)14-8-10-23(2)11-9-14)15-6-4-13(5-7-16(25)26)17(20)18(15)21/h4-7,12,14H,8-11H2,1-3H3,(H,22,27)(H,25,26)/b7-5+. The van der Waals surface area contributed by atoms with Gasteiger partial charge in [0.15, 0.2) is 0 Å². The second-order valence-electron chi connectivity index (χ2n) is 6.86. The summed E-state index contributed by atoms with van der Waals surface area (Å²) in [6, 6.07) is 3.16. The number of nitrogens with one attached hydrogen (secondary N) is 1. The first-order valence-corrected chi connectivity index (χ1v) is 9.57. The van der Waals surface area contributed by atoms with Crippen molar-refractivity contribution in [3.63, 3.8) is 0 Å². The SMILES string of the molecule is CC(NC(=O)N(C)C1CCN(C)CC1)c1ccc(/C=C/C(=O)O)c(Cl)c1Cl. The van der Waals surface area contributed by atoms with Gasteiger partial charge in [-0.2, -0.15) is 0 Å². The van der Waals surface area contributed by atoms with E-state index in [2.05, 4.69) is 17.3 Å². The number of halogens is 2. The molecule has 1 fully saturated rings. The number of hydrogen-bond acceptors (Lipinski definition) is 3. The summed E-state index contributed by atoms with van der Waals surface area (Å²) in [4.78, 5) is 27.3. The molecular formula is C19H25Cl2N3O3. The van der Waals surface area contributed by atoms with Crippen LogP contribution in [0.1, 0.15) is 36.9 Å². The van der Waals surface area contributed by atoms with Gasteiger partial charge in [-0.1, -0.05) is 35.3 Å². The highest BCUT2D eigenvalue weighted by Gasteiger charge is 2.25. The average molecular weight is 414 g/mol. The first-order chi connectivity index (χ1) is 12.7. The summed E-state index contributed by atoms with van der Waals surface area (Å²) < 4.78 is 0. The molecule has 0 saturated carbocycles. The molecule has 1 aliphatic rings. The zero-order valence-corrected chi connectivity index (χ0v) is 17.2. The van der Waals surface area contributed by atoms with Crippen molar-refractivity contribution in [2.75, 3.05) is 27.2 Å². The van der Waals surface area contributed by atoms with Gasteiger partial charge < -0.3 is 20.2 Å². The summed E-state index contributed by atoms with van der Waals surface area (Å²) in [6.45, 7) is 3.79. The Morgan fingerprint density at radius 2 is 1.93 bits per heavy atom. The quantitative estimate of drug-likeness (QED) is 0.718. The predicted octanol–water partition coefficient (Wildman–Crippen LogP) is 3.89. The van der Waals surface area contributed by atoms with Crippen LogP contribution in [-0.4, -0.2) is 60.1 Å². The van der Waals surface area contributed by atoms with E-state index in [9.17, 15) is 9.59 Å². The van der Waals surface area contributed by atoms with Gasteiger partial charge in [-0.25, -0.2) is 9.59 Å². The third-order valence-electron chi connectivity index (χ3n) is 4.91. The summed E-state index contributed by atoms with van der Waals surface area (Å²) in [5.41, 5.74) is 1.19. The molecule has 0 radical (unpaired) electrons. The first-order valence-electron chi connectivity index (χ1n) is 8.81. The fraction of sp³-hybridized carbons (Fsp3) is 0.474. The van der Waals surface area contributed by atoms with Crippen LogP contribution in [0.5, 0.6) is 0 Å². The molecule has 2 rings (SSSR count). The van der Waals surface area contributed by atoms with Crippen LogP contribution in [0.3, 0.4) is 0 Å². The van der Waals surface area contributed by atoms with Crippen molar-refractivity contribution >= 4 is 41.3 Å². The van der Waals surface area contributed by atoms with Gasteiger partial charge in [-0.15, -0.1) is 0 Å². The van der Waals surface area contributed by atoms with Crippen LogP contribution < -0.4 is 5.32 Å². The minimum atomic E-state index is -1.07. The largest absolute Gasteiger partial charge is 0.478 e. The molecule has 1 atom stereocenters. The van der Waals surface area contributed by atoms with Crippen molar-refractivity contribution in [3.8, 4) is 0 Å². The molecule has 0 aliphatic carbocycles. The highest BCUT2D eigenvalue weighted by Crippen LogP contribution is 2.33. The van der Waals surface area contributed by atoms with Crippen LogP contribution in [0, 0.1) is 0 Å². The number of benzene rings is 1. The van der Waals surface area contributed by atoms with Crippen LogP contribution in [-0.2, 0) is 4.79 Å². The summed E-state index contributed by atoms with van der Waals surface area (Å²) >= 11 is 12.6. The van der Waals surface area contributed by atoms with Gasteiger partial charge in [-0.3, -0.25) is 0 Å². The van der Waals surface area contributed by atoms with Crippen LogP contribution >= 0.6 is 23.2 Å². The van der Waals surface area contributed by atoms with Crippen molar-refractivity contribution in [3.05, 3.63) is 39.4 Å². The van der Waals surface area contributed by atoms with Crippen LogP contribution in [0.2, 0.25) is 10.0 Å². The van der Waals surface area contributed by atoms with E-state index in [0.717, 1.165) is 32.0 Å². The average Bonchev–Trinajstić information content (AvgIpc) is 2.62. The van der Waals surface area contributed by atoms with Crippen LogP contribution in [0.15, 0.2) is 18.2 Å². The Balaban J connectivity index is 2.06. The van der Waals surface area contributed by atoms with E-state index in [1.165, 1.54) is 6.08 Å². The molecule has 27 heavy (non-hydrogen) atoms. The van der Waals surface area contributed by atoms with E-state index in [-0.39, 0.29) is 23.1 Å². The molecule has 6 nitrogen and oxygen atoms in total. The van der Waals surface area contributed by atoms with E-state index in [1.807, 2.05) is 14.0 Å². The topological polar surface area (TPSA) is 72.9 Å². The van der Waals surface area contributed by atoms with E-state index in [4.69, 9.17) is 28.3 Å². The number of carbonyl (C=O) groups is 2. The third-order valence-corrected chi connectivity index (χ3v) is 5.82. The lowest BCUT2D eigenvalue weighted by Crippen LogP contribution is -2.48. The Kier molecular flexibility index (Phi) is 7.53. The molecule has 0 aromatic heterocycles. The number of nitrogens with zero attached hydrogens (tertiary/aromatic N) is 2. The molecule has 1 saturated heterocycles. The lowest BCUT2D eigenvalue weighted by molar-refractivity contribution is -0.131. The predicted molar refractivity (Wildman–Crippen MR) is 108 cm³/mol. The highest BCUT2D eigenvalue weighted by molar-refractivity contribution is 6.43. The lowest BCUT2D eigenvalue weighted by Gasteiger charge is -2.35. The van der Waals surface area contributed by atoms with Gasteiger partial charge in [0.2, 0.25) is 0 Å². The Morgan fingerprint density at radius 3 is 2.52 bits per heavy atom. The van der Waals surface area contributed by atoms with Crippen LogP contribution in [0.25, 0.3) is 6.08 Å². The van der Waals surface area contributed by atoms with Crippen molar-refractivity contribution in [1.82, 2.24) is 15.1 Å². The molecule has 1 unspecified atom stereocenters. The number of carboxylic acid groups (broad SMARTS) is 1. The van der Waals surface area contributed by atoms with Gasteiger partial charge in [0, 0.05) is 19.2 Å². The van der Waals surface area contributed by atoms with Crippen molar-refractivity contribution < 1.29 is 14.7 Å². The summed E-state index contributed by atoms with van der Waals surface area (Å²) in [5.74, 6) is -1.07. The summed E-state index contributed by atoms with van der Waals surface area (Å²) in [6.07, 6.45) is 4.29. The Morgan fingerprint density at radius 1 is 1.30 bits per heavy atom. The normalized spacial score (nSPS) is 17.1. The second kappa shape index (κ2) is 9.44. The number of hydrogen-bond donors (Lipinski definition) is 2. The number of aliphatic carboxylic acids is 1. The fourth-order valence-electron chi connectivity index (χ4n) is 3.12. The number of rotatable bonds is 5. The Hall–Kier alpha value is -1.76. The molecule has 148 valence electrons. The smallest absolute Gasteiger partial charge is 0.328 e. The van der Waals surface area contributed by atoms with E-state index in [0.29, 0.717) is 16.1 Å². The number of piperidine rings is 1. The summed E-state index contributed by atoms with van der Waals surface area (Å²) in [5, 5.41) is 12.3. The van der Waals surface area contributed by atoms with Crippen molar-refractivity contribution in [2.45, 2.75) is 31.8 Å². The summed E-state index contributed by atoms with van der Waals surface area (Å²) in [7, 11) is 3.89. The molecule has 2 N–H and O–H groups in total. The number of amides is 2. The van der Waals surface area contributed by atoms with Crippen molar-refractivity contribution in [1.29, 1.82) is 0 Å². The number of urea groups is 1. The second-order valence-corrected chi connectivity index (χ2v) is 7.62. The zero-order valence-electron chi connectivity index (χ0n) is 15.7. The number of likely N-dealkylation sites (tertiary alicyclic amines) is 1. The number of carboxylic acids is 1.